The molecule has 0 bridgehead atoms. The second-order valence-corrected chi connectivity index (χ2v) is 7.71. The van der Waals surface area contributed by atoms with Crippen LogP contribution in [0.25, 0.3) is 0 Å². The monoisotopic (exact) mass is 516 g/mol. The van der Waals surface area contributed by atoms with Crippen LogP contribution in [0.1, 0.15) is 69.1 Å². The van der Waals surface area contributed by atoms with E-state index in [2.05, 4.69) is 0 Å². The number of fused-ring (bicyclic) bond motifs is 2. The summed E-state index contributed by atoms with van der Waals surface area (Å²) in [7, 11) is 0. The summed E-state index contributed by atoms with van der Waals surface area (Å²) in [6, 6.07) is 8.92. The Hall–Kier alpha value is -3.17. The Bertz CT molecular complexity index is 1040. The van der Waals surface area contributed by atoms with Gasteiger partial charge < -0.3 is 20.4 Å². The van der Waals surface area contributed by atoms with E-state index in [4.69, 9.17) is 10.2 Å². The van der Waals surface area contributed by atoms with Crippen LogP contribution >= 0.6 is 0 Å². The first-order valence-electron chi connectivity index (χ1n) is 10.4. The van der Waals surface area contributed by atoms with Crippen LogP contribution in [0.2, 0.25) is 0 Å². The van der Waals surface area contributed by atoms with E-state index in [1.807, 2.05) is 0 Å². The fourth-order valence-electron chi connectivity index (χ4n) is 2.66. The van der Waals surface area contributed by atoms with Crippen molar-refractivity contribution in [3.05, 3.63) is 83.0 Å². The molecule has 0 heterocycles. The molecule has 0 spiro atoms. The van der Waals surface area contributed by atoms with Crippen LogP contribution in [0, 0.1) is 0 Å². The van der Waals surface area contributed by atoms with Gasteiger partial charge in [0.05, 0.1) is 11.1 Å². The minimum atomic E-state index is -0.326. The first kappa shape index (κ1) is 31.8. The molecule has 2 aliphatic carbocycles. The van der Waals surface area contributed by atoms with E-state index < -0.39 is 0 Å². The van der Waals surface area contributed by atoms with Crippen molar-refractivity contribution in [3.8, 4) is 11.5 Å². The molecule has 0 atom stereocenters. The number of benzene rings is 2. The summed E-state index contributed by atoms with van der Waals surface area (Å²) < 4.78 is 0. The molecule has 4 rings (SSSR count). The summed E-state index contributed by atoms with van der Waals surface area (Å²) in [6.45, 7) is 6.89. The van der Waals surface area contributed by atoms with Gasteiger partial charge in [0.25, 0.3) is 0 Å². The third kappa shape index (κ3) is 9.92. The van der Waals surface area contributed by atoms with Crippen molar-refractivity contribution in [2.45, 2.75) is 39.9 Å². The van der Waals surface area contributed by atoms with Gasteiger partial charge in [0.15, 0.2) is 23.1 Å². The first-order valence-corrected chi connectivity index (χ1v) is 10.4. The first-order chi connectivity index (χ1) is 15.9. The van der Waals surface area contributed by atoms with Gasteiger partial charge in [0.2, 0.25) is 0 Å². The number of aliphatic hydroxyl groups is 2. The van der Waals surface area contributed by atoms with Crippen molar-refractivity contribution in [1.82, 2.24) is 0 Å². The van der Waals surface area contributed by atoms with Crippen molar-refractivity contribution in [1.29, 1.82) is 0 Å². The van der Waals surface area contributed by atoms with Gasteiger partial charge in [-0.3, -0.25) is 19.2 Å². The quantitative estimate of drug-likeness (QED) is 0.389. The minimum Gasteiger partial charge on any atom is -0.507 e. The van der Waals surface area contributed by atoms with Crippen LogP contribution in [0.4, 0.5) is 0 Å². The number of ketones is 4. The molecule has 184 valence electrons. The SMILES string of the molecule is CC(C)O.CC(C)O.O=C1C=CC(=O)c2c(O)cccc21.O=C1C=CC(=O)c2c(O)cccc21.[Ti]. The van der Waals surface area contributed by atoms with E-state index in [1.54, 1.807) is 39.8 Å². The molecule has 0 amide bonds. The molecule has 35 heavy (non-hydrogen) atoms. The molecule has 2 aromatic rings. The van der Waals surface area contributed by atoms with Crippen LogP contribution in [0.3, 0.4) is 0 Å². The van der Waals surface area contributed by atoms with E-state index in [0.717, 1.165) is 0 Å². The molecule has 0 fully saturated rings. The number of carbonyl (C=O) groups excluding carboxylic acids is 4. The van der Waals surface area contributed by atoms with Gasteiger partial charge in [-0.2, -0.15) is 0 Å². The van der Waals surface area contributed by atoms with E-state index in [9.17, 15) is 29.4 Å². The molecule has 9 heteroatoms. The van der Waals surface area contributed by atoms with E-state index in [-0.39, 0.29) is 90.8 Å². The third-order valence-electron chi connectivity index (χ3n) is 3.88. The topological polar surface area (TPSA) is 149 Å². The maximum atomic E-state index is 11.3. The van der Waals surface area contributed by atoms with E-state index in [1.165, 1.54) is 48.6 Å². The number of phenolic OH excluding ortho intramolecular Hbond substituents is 2. The number of aromatic hydroxyl groups is 2. The molecule has 0 unspecified atom stereocenters. The van der Waals surface area contributed by atoms with Crippen molar-refractivity contribution < 1.29 is 61.3 Å². The number of phenols is 2. The molecule has 2 aliphatic rings. The van der Waals surface area contributed by atoms with Crippen LogP contribution in [-0.4, -0.2) is 55.8 Å². The Labute approximate surface area is 218 Å². The van der Waals surface area contributed by atoms with Crippen molar-refractivity contribution in [2.24, 2.45) is 0 Å². The Balaban J connectivity index is 0.000000499. The molecule has 0 saturated heterocycles. The van der Waals surface area contributed by atoms with Gasteiger partial charge in [-0.05, 0) is 64.1 Å². The van der Waals surface area contributed by atoms with Crippen LogP contribution < -0.4 is 0 Å². The standard InChI is InChI=1S/2C10H6O3.2C3H8O.Ti/c2*11-7-4-5-9(13)10-6(7)2-1-3-8(10)12;2*1-3(2)4;/h2*1-5,12H;2*3-4H,1-2H3;. The molecule has 0 radical (unpaired) electrons. The minimum absolute atomic E-state index is 0. The van der Waals surface area contributed by atoms with Crippen molar-refractivity contribution in [2.75, 3.05) is 0 Å². The predicted octanol–water partition coefficient (Wildman–Crippen LogP) is 3.43. The summed E-state index contributed by atoms with van der Waals surface area (Å²) in [6.07, 6.45) is 4.43. The fraction of sp³-hybridized carbons (Fsp3) is 0.231. The Morgan fingerprint density at radius 1 is 0.543 bits per heavy atom. The Morgan fingerprint density at radius 3 is 1.06 bits per heavy atom. The summed E-state index contributed by atoms with van der Waals surface area (Å²) >= 11 is 0. The smallest absolute Gasteiger partial charge is 0.190 e. The van der Waals surface area contributed by atoms with E-state index in [0.29, 0.717) is 0 Å². The van der Waals surface area contributed by atoms with Gasteiger partial charge >= 0.3 is 0 Å². The normalized spacial score (nSPS) is 12.8. The van der Waals surface area contributed by atoms with Crippen LogP contribution in [-0.2, 0) is 21.7 Å². The Kier molecular flexibility index (Phi) is 13.6. The van der Waals surface area contributed by atoms with Gasteiger partial charge in [0, 0.05) is 45.1 Å². The summed E-state index contributed by atoms with van der Waals surface area (Å²) in [5, 5.41) is 34.8. The molecule has 4 N–H and O–H groups in total. The van der Waals surface area contributed by atoms with Crippen molar-refractivity contribution in [3.63, 3.8) is 0 Å². The number of allylic oxidation sites excluding steroid dienone is 4. The summed E-state index contributed by atoms with van der Waals surface area (Å²) in [4.78, 5) is 45.0. The van der Waals surface area contributed by atoms with Gasteiger partial charge in [-0.15, -0.1) is 0 Å². The fourth-order valence-corrected chi connectivity index (χ4v) is 2.66. The number of hydrogen-bond acceptors (Lipinski definition) is 8. The maximum absolute atomic E-state index is 11.3. The molecule has 2 aromatic carbocycles. The average Bonchev–Trinajstić information content (AvgIpc) is 2.73. The van der Waals surface area contributed by atoms with Crippen LogP contribution in [0.15, 0.2) is 60.7 Å². The molecular formula is C26H28O8Ti. The van der Waals surface area contributed by atoms with Crippen LogP contribution in [0.5, 0.6) is 11.5 Å². The predicted molar refractivity (Wildman–Crippen MR) is 127 cm³/mol. The zero-order chi connectivity index (χ0) is 26.0. The number of carbonyl (C=O) groups is 4. The Morgan fingerprint density at radius 2 is 0.800 bits per heavy atom. The largest absolute Gasteiger partial charge is 0.507 e. The summed E-state index contributed by atoms with van der Waals surface area (Å²) in [5.74, 6) is -1.42. The van der Waals surface area contributed by atoms with Crippen molar-refractivity contribution >= 4 is 23.1 Å². The maximum Gasteiger partial charge on any atom is 0.190 e. The molecular weight excluding hydrogens is 488 g/mol. The molecule has 0 aliphatic heterocycles. The third-order valence-corrected chi connectivity index (χ3v) is 3.88. The second kappa shape index (κ2) is 15.0. The van der Waals surface area contributed by atoms with Gasteiger partial charge in [-0.1, -0.05) is 24.3 Å². The number of hydrogen-bond donors (Lipinski definition) is 4. The zero-order valence-corrected chi connectivity index (χ0v) is 21.4. The van der Waals surface area contributed by atoms with E-state index >= 15 is 0 Å². The number of aliphatic hydroxyl groups excluding tert-OH is 2. The second-order valence-electron chi connectivity index (χ2n) is 7.71. The summed E-state index contributed by atoms with van der Waals surface area (Å²) in [5.41, 5.74) is 0.755. The molecule has 0 saturated carbocycles. The molecule has 0 aromatic heterocycles. The zero-order valence-electron chi connectivity index (χ0n) is 19.9. The average molecular weight is 516 g/mol. The molecule has 8 nitrogen and oxygen atoms in total. The van der Waals surface area contributed by atoms with Gasteiger partial charge in [-0.25, -0.2) is 0 Å². The van der Waals surface area contributed by atoms with Gasteiger partial charge in [0.1, 0.15) is 11.5 Å². The number of rotatable bonds is 0.